The van der Waals surface area contributed by atoms with Gasteiger partial charge in [-0.1, -0.05) is 12.1 Å². The third-order valence-corrected chi connectivity index (χ3v) is 2.51. The molecule has 2 aromatic rings. The Morgan fingerprint density at radius 2 is 2.21 bits per heavy atom. The molecule has 0 spiro atoms. The van der Waals surface area contributed by atoms with Crippen molar-refractivity contribution in [2.75, 3.05) is 0 Å². The summed E-state index contributed by atoms with van der Waals surface area (Å²) in [6.07, 6.45) is 2.94. The standard InChI is InChI=1S/C14H10FN3O/c15-12-5-1-3-10(7-12)13(8-16)18-14(19)11-4-2-6-17-9-11/h1-7,9,13H,(H,18,19). The van der Waals surface area contributed by atoms with Crippen LogP contribution in [0.3, 0.4) is 0 Å². The molecule has 4 nitrogen and oxygen atoms in total. The van der Waals surface area contributed by atoms with Crippen LogP contribution in [0.2, 0.25) is 0 Å². The first-order chi connectivity index (χ1) is 9.20. The van der Waals surface area contributed by atoms with Crippen molar-refractivity contribution in [3.63, 3.8) is 0 Å². The maximum Gasteiger partial charge on any atom is 0.254 e. The molecule has 2 rings (SSSR count). The number of benzene rings is 1. The van der Waals surface area contributed by atoms with E-state index < -0.39 is 17.8 Å². The highest BCUT2D eigenvalue weighted by Crippen LogP contribution is 2.14. The molecule has 0 radical (unpaired) electrons. The van der Waals surface area contributed by atoms with Gasteiger partial charge in [-0.25, -0.2) is 4.39 Å². The number of nitrogens with zero attached hydrogens (tertiary/aromatic N) is 2. The fourth-order valence-corrected chi connectivity index (χ4v) is 1.59. The summed E-state index contributed by atoms with van der Waals surface area (Å²) in [4.78, 5) is 15.7. The lowest BCUT2D eigenvalue weighted by atomic mass is 10.1. The molecule has 0 aliphatic heterocycles. The van der Waals surface area contributed by atoms with Gasteiger partial charge in [0.1, 0.15) is 11.9 Å². The van der Waals surface area contributed by atoms with Crippen LogP contribution >= 0.6 is 0 Å². The third-order valence-electron chi connectivity index (χ3n) is 2.51. The SMILES string of the molecule is N#CC(NC(=O)c1cccnc1)c1cccc(F)c1. The molecule has 0 fully saturated rings. The molecule has 5 heteroatoms. The lowest BCUT2D eigenvalue weighted by molar-refractivity contribution is 0.0944. The number of nitriles is 1. The topological polar surface area (TPSA) is 65.8 Å². The predicted molar refractivity (Wildman–Crippen MR) is 66.5 cm³/mol. The summed E-state index contributed by atoms with van der Waals surface area (Å²) in [5.74, 6) is -0.878. The van der Waals surface area contributed by atoms with Gasteiger partial charge in [-0.15, -0.1) is 0 Å². The number of rotatable bonds is 3. The normalized spacial score (nSPS) is 11.4. The summed E-state index contributed by atoms with van der Waals surface area (Å²) in [6.45, 7) is 0. The molecule has 1 N–H and O–H groups in total. The molecule has 1 aromatic heterocycles. The lowest BCUT2D eigenvalue weighted by Crippen LogP contribution is -2.27. The highest BCUT2D eigenvalue weighted by molar-refractivity contribution is 5.94. The average Bonchev–Trinajstić information content (AvgIpc) is 2.45. The zero-order valence-corrected chi connectivity index (χ0v) is 9.88. The molecular weight excluding hydrogens is 245 g/mol. The zero-order chi connectivity index (χ0) is 13.7. The van der Waals surface area contributed by atoms with Crippen LogP contribution in [0.1, 0.15) is 22.0 Å². The first-order valence-electron chi connectivity index (χ1n) is 5.56. The number of carbonyl (C=O) groups is 1. The quantitative estimate of drug-likeness (QED) is 0.914. The lowest BCUT2D eigenvalue weighted by Gasteiger charge is -2.11. The van der Waals surface area contributed by atoms with Gasteiger partial charge in [0.25, 0.3) is 5.91 Å². The largest absolute Gasteiger partial charge is 0.332 e. The van der Waals surface area contributed by atoms with E-state index in [-0.39, 0.29) is 0 Å². The first kappa shape index (κ1) is 12.7. The van der Waals surface area contributed by atoms with Crippen LogP contribution in [0.5, 0.6) is 0 Å². The van der Waals surface area contributed by atoms with Crippen molar-refractivity contribution >= 4 is 5.91 Å². The van der Waals surface area contributed by atoms with Crippen LogP contribution < -0.4 is 5.32 Å². The third kappa shape index (κ3) is 3.13. The van der Waals surface area contributed by atoms with Gasteiger partial charge >= 0.3 is 0 Å². The highest BCUT2D eigenvalue weighted by atomic mass is 19.1. The maximum atomic E-state index is 13.1. The van der Waals surface area contributed by atoms with Crippen molar-refractivity contribution in [1.82, 2.24) is 10.3 Å². The molecule has 19 heavy (non-hydrogen) atoms. The van der Waals surface area contributed by atoms with Crippen LogP contribution in [0, 0.1) is 17.1 Å². The number of halogens is 1. The van der Waals surface area contributed by atoms with Gasteiger partial charge < -0.3 is 5.32 Å². The number of carbonyl (C=O) groups excluding carboxylic acids is 1. The number of amides is 1. The van der Waals surface area contributed by atoms with Gasteiger partial charge in [0, 0.05) is 12.4 Å². The molecule has 0 aliphatic rings. The van der Waals surface area contributed by atoms with E-state index in [1.165, 1.54) is 24.4 Å². The summed E-state index contributed by atoms with van der Waals surface area (Å²) < 4.78 is 13.1. The Balaban J connectivity index is 2.17. The van der Waals surface area contributed by atoms with Gasteiger partial charge in [-0.05, 0) is 29.8 Å². The highest BCUT2D eigenvalue weighted by Gasteiger charge is 2.15. The Hall–Kier alpha value is -2.74. The van der Waals surface area contributed by atoms with Gasteiger partial charge in [0.05, 0.1) is 11.6 Å². The van der Waals surface area contributed by atoms with E-state index in [4.69, 9.17) is 5.26 Å². The van der Waals surface area contributed by atoms with Crippen LogP contribution in [0.4, 0.5) is 4.39 Å². The summed E-state index contributed by atoms with van der Waals surface area (Å²) >= 11 is 0. The van der Waals surface area contributed by atoms with Crippen molar-refractivity contribution in [3.8, 4) is 6.07 Å². The van der Waals surface area contributed by atoms with Crippen LogP contribution in [-0.4, -0.2) is 10.9 Å². The fourth-order valence-electron chi connectivity index (χ4n) is 1.59. The molecule has 1 heterocycles. The summed E-state index contributed by atoms with van der Waals surface area (Å²) in [7, 11) is 0. The van der Waals surface area contributed by atoms with Gasteiger partial charge in [0.15, 0.2) is 0 Å². The second-order valence-corrected chi connectivity index (χ2v) is 3.83. The number of nitrogens with one attached hydrogen (secondary N) is 1. The maximum absolute atomic E-state index is 13.1. The minimum absolute atomic E-state index is 0.346. The molecule has 0 saturated carbocycles. The predicted octanol–water partition coefficient (Wildman–Crippen LogP) is 2.22. The smallest absolute Gasteiger partial charge is 0.254 e. The van der Waals surface area contributed by atoms with E-state index in [9.17, 15) is 9.18 Å². The minimum atomic E-state index is -0.900. The molecule has 0 bridgehead atoms. The molecule has 1 atom stereocenters. The van der Waals surface area contributed by atoms with Gasteiger partial charge in [-0.3, -0.25) is 9.78 Å². The first-order valence-corrected chi connectivity index (χ1v) is 5.56. The summed E-state index contributed by atoms with van der Waals surface area (Å²) in [5, 5.41) is 11.6. The minimum Gasteiger partial charge on any atom is -0.332 e. The van der Waals surface area contributed by atoms with Crippen molar-refractivity contribution in [2.24, 2.45) is 0 Å². The Morgan fingerprint density at radius 1 is 1.37 bits per heavy atom. The molecule has 1 unspecified atom stereocenters. The van der Waals surface area contributed by atoms with Crippen molar-refractivity contribution in [1.29, 1.82) is 5.26 Å². The number of aromatic nitrogens is 1. The number of pyridine rings is 1. The molecule has 0 saturated heterocycles. The Kier molecular flexibility index (Phi) is 3.84. The van der Waals surface area contributed by atoms with E-state index in [1.54, 1.807) is 24.4 Å². The Labute approximate surface area is 109 Å². The fraction of sp³-hybridized carbons (Fsp3) is 0.0714. The monoisotopic (exact) mass is 255 g/mol. The van der Waals surface area contributed by atoms with Gasteiger partial charge in [-0.2, -0.15) is 5.26 Å². The molecule has 0 aliphatic carbocycles. The second kappa shape index (κ2) is 5.74. The van der Waals surface area contributed by atoms with Gasteiger partial charge in [0.2, 0.25) is 0 Å². The van der Waals surface area contributed by atoms with E-state index in [2.05, 4.69) is 10.3 Å². The summed E-state index contributed by atoms with van der Waals surface area (Å²) in [6, 6.07) is 9.81. The van der Waals surface area contributed by atoms with E-state index in [0.29, 0.717) is 11.1 Å². The Morgan fingerprint density at radius 3 is 2.84 bits per heavy atom. The second-order valence-electron chi connectivity index (χ2n) is 3.83. The van der Waals surface area contributed by atoms with E-state index >= 15 is 0 Å². The molecule has 1 aromatic carbocycles. The van der Waals surface area contributed by atoms with E-state index in [1.807, 2.05) is 6.07 Å². The van der Waals surface area contributed by atoms with Crippen molar-refractivity contribution < 1.29 is 9.18 Å². The Bertz CT molecular complexity index is 622. The van der Waals surface area contributed by atoms with Crippen LogP contribution in [0.25, 0.3) is 0 Å². The van der Waals surface area contributed by atoms with Crippen LogP contribution in [-0.2, 0) is 0 Å². The zero-order valence-electron chi connectivity index (χ0n) is 9.88. The van der Waals surface area contributed by atoms with Crippen LogP contribution in [0.15, 0.2) is 48.8 Å². The van der Waals surface area contributed by atoms with Crippen molar-refractivity contribution in [3.05, 3.63) is 65.7 Å². The molecule has 94 valence electrons. The average molecular weight is 255 g/mol. The molecule has 1 amide bonds. The summed E-state index contributed by atoms with van der Waals surface area (Å²) in [5.41, 5.74) is 0.749. The molecular formula is C14H10FN3O. The number of hydrogen-bond donors (Lipinski definition) is 1. The van der Waals surface area contributed by atoms with Crippen molar-refractivity contribution in [2.45, 2.75) is 6.04 Å². The van der Waals surface area contributed by atoms with E-state index in [0.717, 1.165) is 0 Å². The number of hydrogen-bond acceptors (Lipinski definition) is 3.